The molecule has 0 radical (unpaired) electrons. The molecule has 1 unspecified atom stereocenters. The fourth-order valence-electron chi connectivity index (χ4n) is 1.97. The summed E-state index contributed by atoms with van der Waals surface area (Å²) in [6.07, 6.45) is 5.57. The van der Waals surface area contributed by atoms with E-state index in [1.807, 2.05) is 4.90 Å². The number of amides is 1. The number of nitrogens with zero attached hydrogens (tertiary/aromatic N) is 1. The fraction of sp³-hybridized carbons (Fsp3) is 0.900. The van der Waals surface area contributed by atoms with E-state index in [1.165, 1.54) is 19.3 Å². The average Bonchev–Trinajstić information content (AvgIpc) is 2.43. The zero-order valence-electron chi connectivity index (χ0n) is 8.18. The topological polar surface area (TPSA) is 20.3 Å². The van der Waals surface area contributed by atoms with Gasteiger partial charge in [-0.1, -0.05) is 19.8 Å². The normalized spacial score (nSPS) is 23.7. The number of hydrogen-bond acceptors (Lipinski definition) is 1. The summed E-state index contributed by atoms with van der Waals surface area (Å²) in [4.78, 5) is 13.3. The average molecular weight is 169 g/mol. The highest BCUT2D eigenvalue weighted by atomic mass is 16.2. The van der Waals surface area contributed by atoms with Crippen LogP contribution in [0.3, 0.4) is 0 Å². The molecule has 0 saturated carbocycles. The lowest BCUT2D eigenvalue weighted by atomic mass is 10.1. The van der Waals surface area contributed by atoms with E-state index < -0.39 is 0 Å². The molecular weight excluding hydrogens is 150 g/mol. The molecule has 0 aromatic rings. The van der Waals surface area contributed by atoms with E-state index in [0.29, 0.717) is 11.9 Å². The standard InChI is InChI=1S/C10H19NO/c1-3-5-6-9-7-8-10(12)11(9)4-2/h9H,3-8H2,1-2H3. The van der Waals surface area contributed by atoms with Crippen molar-refractivity contribution in [1.82, 2.24) is 4.90 Å². The summed E-state index contributed by atoms with van der Waals surface area (Å²) in [6.45, 7) is 5.17. The third-order valence-electron chi connectivity index (χ3n) is 2.68. The van der Waals surface area contributed by atoms with E-state index in [2.05, 4.69) is 13.8 Å². The maximum absolute atomic E-state index is 11.3. The van der Waals surface area contributed by atoms with E-state index in [1.54, 1.807) is 0 Å². The summed E-state index contributed by atoms with van der Waals surface area (Å²) in [6, 6.07) is 0.558. The summed E-state index contributed by atoms with van der Waals surface area (Å²) in [5.74, 6) is 0.360. The van der Waals surface area contributed by atoms with Gasteiger partial charge in [0.2, 0.25) is 5.91 Å². The Hall–Kier alpha value is -0.530. The van der Waals surface area contributed by atoms with Crippen molar-refractivity contribution >= 4 is 5.91 Å². The molecule has 0 aromatic carbocycles. The van der Waals surface area contributed by atoms with Crippen LogP contribution >= 0.6 is 0 Å². The maximum atomic E-state index is 11.3. The Morgan fingerprint density at radius 3 is 2.83 bits per heavy atom. The van der Waals surface area contributed by atoms with Crippen LogP contribution in [0.4, 0.5) is 0 Å². The molecule has 0 bridgehead atoms. The predicted molar refractivity (Wildman–Crippen MR) is 49.9 cm³/mol. The first-order valence-corrected chi connectivity index (χ1v) is 5.09. The van der Waals surface area contributed by atoms with Crippen LogP contribution in [0.2, 0.25) is 0 Å². The lowest BCUT2D eigenvalue weighted by molar-refractivity contribution is -0.128. The lowest BCUT2D eigenvalue weighted by Gasteiger charge is -2.22. The predicted octanol–water partition coefficient (Wildman–Crippen LogP) is 2.19. The smallest absolute Gasteiger partial charge is 0.222 e. The summed E-state index contributed by atoms with van der Waals surface area (Å²) >= 11 is 0. The van der Waals surface area contributed by atoms with Crippen molar-refractivity contribution < 1.29 is 4.79 Å². The van der Waals surface area contributed by atoms with Gasteiger partial charge >= 0.3 is 0 Å². The monoisotopic (exact) mass is 169 g/mol. The van der Waals surface area contributed by atoms with E-state index in [0.717, 1.165) is 19.4 Å². The van der Waals surface area contributed by atoms with Crippen LogP contribution in [0, 0.1) is 0 Å². The van der Waals surface area contributed by atoms with Gasteiger partial charge in [0.05, 0.1) is 0 Å². The van der Waals surface area contributed by atoms with Crippen LogP contribution in [-0.2, 0) is 4.79 Å². The molecule has 0 aliphatic carbocycles. The van der Waals surface area contributed by atoms with Gasteiger partial charge in [-0.15, -0.1) is 0 Å². The highest BCUT2D eigenvalue weighted by Crippen LogP contribution is 2.22. The Labute approximate surface area is 74.9 Å². The minimum Gasteiger partial charge on any atom is -0.340 e. The SMILES string of the molecule is CCCCC1CCC(=O)N1CC. The first kappa shape index (κ1) is 9.56. The number of carbonyl (C=O) groups excluding carboxylic acids is 1. The molecule has 1 amide bonds. The van der Waals surface area contributed by atoms with E-state index in [9.17, 15) is 4.79 Å². The van der Waals surface area contributed by atoms with Crippen molar-refractivity contribution in [2.45, 2.75) is 52.0 Å². The highest BCUT2D eigenvalue weighted by Gasteiger charge is 2.28. The largest absolute Gasteiger partial charge is 0.340 e. The molecule has 1 rings (SSSR count). The van der Waals surface area contributed by atoms with Gasteiger partial charge in [-0.2, -0.15) is 0 Å². The van der Waals surface area contributed by atoms with Gasteiger partial charge in [0.1, 0.15) is 0 Å². The number of carbonyl (C=O) groups is 1. The van der Waals surface area contributed by atoms with Crippen LogP contribution in [0.25, 0.3) is 0 Å². The van der Waals surface area contributed by atoms with Gasteiger partial charge < -0.3 is 4.90 Å². The van der Waals surface area contributed by atoms with E-state index >= 15 is 0 Å². The van der Waals surface area contributed by atoms with Crippen LogP contribution in [0.15, 0.2) is 0 Å². The second-order valence-corrected chi connectivity index (χ2v) is 3.51. The number of hydrogen-bond donors (Lipinski definition) is 0. The van der Waals surface area contributed by atoms with Gasteiger partial charge in [0.25, 0.3) is 0 Å². The summed E-state index contributed by atoms with van der Waals surface area (Å²) < 4.78 is 0. The number of unbranched alkanes of at least 4 members (excludes halogenated alkanes) is 1. The van der Waals surface area contributed by atoms with Gasteiger partial charge in [-0.05, 0) is 19.8 Å². The van der Waals surface area contributed by atoms with Gasteiger partial charge in [-0.25, -0.2) is 0 Å². The molecule has 2 nitrogen and oxygen atoms in total. The van der Waals surface area contributed by atoms with Crippen molar-refractivity contribution in [2.75, 3.05) is 6.54 Å². The molecule has 1 fully saturated rings. The summed E-state index contributed by atoms with van der Waals surface area (Å²) in [7, 11) is 0. The third kappa shape index (κ3) is 1.99. The molecule has 1 heterocycles. The summed E-state index contributed by atoms with van der Waals surface area (Å²) in [5, 5.41) is 0. The Morgan fingerprint density at radius 1 is 1.50 bits per heavy atom. The molecule has 1 atom stereocenters. The molecule has 1 aliphatic rings. The molecule has 12 heavy (non-hydrogen) atoms. The van der Waals surface area contributed by atoms with Gasteiger partial charge in [0, 0.05) is 19.0 Å². The zero-order valence-corrected chi connectivity index (χ0v) is 8.18. The first-order valence-electron chi connectivity index (χ1n) is 5.09. The van der Waals surface area contributed by atoms with Crippen LogP contribution in [0.1, 0.15) is 46.0 Å². The van der Waals surface area contributed by atoms with Crippen molar-refractivity contribution in [2.24, 2.45) is 0 Å². The minimum atomic E-state index is 0.360. The Kier molecular flexibility index (Phi) is 3.57. The molecule has 0 aromatic heterocycles. The minimum absolute atomic E-state index is 0.360. The van der Waals surface area contributed by atoms with Gasteiger partial charge in [-0.3, -0.25) is 4.79 Å². The Balaban J connectivity index is 2.38. The second-order valence-electron chi connectivity index (χ2n) is 3.51. The van der Waals surface area contributed by atoms with Crippen molar-refractivity contribution in [1.29, 1.82) is 0 Å². The van der Waals surface area contributed by atoms with Crippen molar-refractivity contribution in [3.63, 3.8) is 0 Å². The van der Waals surface area contributed by atoms with E-state index in [-0.39, 0.29) is 0 Å². The van der Waals surface area contributed by atoms with E-state index in [4.69, 9.17) is 0 Å². The second kappa shape index (κ2) is 4.48. The number of rotatable bonds is 4. The number of likely N-dealkylation sites (tertiary alicyclic amines) is 1. The van der Waals surface area contributed by atoms with Crippen molar-refractivity contribution in [3.8, 4) is 0 Å². The van der Waals surface area contributed by atoms with Crippen LogP contribution < -0.4 is 0 Å². The molecule has 0 N–H and O–H groups in total. The van der Waals surface area contributed by atoms with Crippen LogP contribution in [0.5, 0.6) is 0 Å². The zero-order chi connectivity index (χ0) is 8.97. The molecule has 0 spiro atoms. The maximum Gasteiger partial charge on any atom is 0.222 e. The molecule has 1 aliphatic heterocycles. The lowest BCUT2D eigenvalue weighted by Crippen LogP contribution is -2.32. The Bertz CT molecular complexity index is 156. The Morgan fingerprint density at radius 2 is 2.25 bits per heavy atom. The molecule has 2 heteroatoms. The van der Waals surface area contributed by atoms with Gasteiger partial charge in [0.15, 0.2) is 0 Å². The van der Waals surface area contributed by atoms with Crippen molar-refractivity contribution in [3.05, 3.63) is 0 Å². The molecule has 1 saturated heterocycles. The third-order valence-corrected chi connectivity index (χ3v) is 2.68. The molecular formula is C10H19NO. The first-order chi connectivity index (χ1) is 5.79. The highest BCUT2D eigenvalue weighted by molar-refractivity contribution is 5.78. The van der Waals surface area contributed by atoms with Crippen LogP contribution in [-0.4, -0.2) is 23.4 Å². The summed E-state index contributed by atoms with van der Waals surface area (Å²) in [5.41, 5.74) is 0. The fourth-order valence-corrected chi connectivity index (χ4v) is 1.97. The molecule has 70 valence electrons. The quantitative estimate of drug-likeness (QED) is 0.631.